The van der Waals surface area contributed by atoms with Gasteiger partial charge in [0.1, 0.15) is 17.7 Å². The molecular formula is C25H32FN5O2. The van der Waals surface area contributed by atoms with Gasteiger partial charge in [-0.3, -0.25) is 10.2 Å². The van der Waals surface area contributed by atoms with Crippen molar-refractivity contribution in [2.45, 2.75) is 63.7 Å². The maximum absolute atomic E-state index is 15.8. The fraction of sp³-hybridized carbons (Fsp3) is 0.520. The third-order valence-electron chi connectivity index (χ3n) is 7.63. The number of hydrazine groups is 1. The van der Waals surface area contributed by atoms with Gasteiger partial charge in [0.15, 0.2) is 0 Å². The molecule has 7 nitrogen and oxygen atoms in total. The van der Waals surface area contributed by atoms with Crippen molar-refractivity contribution in [2.75, 3.05) is 13.1 Å². The predicted molar refractivity (Wildman–Crippen MR) is 124 cm³/mol. The van der Waals surface area contributed by atoms with E-state index < -0.39 is 6.17 Å². The molecule has 2 fully saturated rings. The molecule has 5 unspecified atom stereocenters. The Labute approximate surface area is 193 Å². The Bertz CT molecular complexity index is 1070. The van der Waals surface area contributed by atoms with Gasteiger partial charge >= 0.3 is 0 Å². The molecule has 1 aliphatic carbocycles. The number of nitrogens with one attached hydrogen (secondary N) is 3. The maximum atomic E-state index is 15.8. The third-order valence-corrected chi connectivity index (χ3v) is 7.63. The summed E-state index contributed by atoms with van der Waals surface area (Å²) in [4.78, 5) is 21.5. The molecule has 3 aliphatic rings. The lowest BCUT2D eigenvalue weighted by Crippen LogP contribution is -2.45. The Morgan fingerprint density at radius 3 is 2.88 bits per heavy atom. The lowest BCUT2D eigenvalue weighted by Gasteiger charge is -2.36. The van der Waals surface area contributed by atoms with Gasteiger partial charge in [-0.25, -0.2) is 14.8 Å². The molecule has 1 aromatic heterocycles. The predicted octanol–water partition coefficient (Wildman–Crippen LogP) is 3.36. The number of alkyl halides is 1. The molecule has 2 aromatic rings. The van der Waals surface area contributed by atoms with Gasteiger partial charge in [0.25, 0.3) is 0 Å². The largest absolute Gasteiger partial charge is 0.508 e. The zero-order chi connectivity index (χ0) is 23.1. The van der Waals surface area contributed by atoms with E-state index in [4.69, 9.17) is 0 Å². The number of benzene rings is 1. The van der Waals surface area contributed by atoms with Crippen molar-refractivity contribution in [2.24, 2.45) is 5.92 Å². The first-order valence-corrected chi connectivity index (χ1v) is 11.9. The van der Waals surface area contributed by atoms with Crippen LogP contribution in [0.3, 0.4) is 0 Å². The summed E-state index contributed by atoms with van der Waals surface area (Å²) < 4.78 is 15.8. The summed E-state index contributed by atoms with van der Waals surface area (Å²) in [5, 5.41) is 9.83. The molecule has 2 aliphatic heterocycles. The minimum absolute atomic E-state index is 0.0775. The second-order valence-electron chi connectivity index (χ2n) is 9.45. The molecule has 1 amide bonds. The Balaban J connectivity index is 1.30. The lowest BCUT2D eigenvalue weighted by atomic mass is 9.71. The van der Waals surface area contributed by atoms with Crippen molar-refractivity contribution in [3.63, 3.8) is 0 Å². The zero-order valence-electron chi connectivity index (χ0n) is 19.1. The van der Waals surface area contributed by atoms with E-state index in [2.05, 4.69) is 26.9 Å². The molecule has 3 heterocycles. The third kappa shape index (κ3) is 4.06. The molecule has 4 N–H and O–H groups in total. The van der Waals surface area contributed by atoms with Gasteiger partial charge in [0.05, 0.1) is 24.0 Å². The first kappa shape index (κ1) is 22.1. The average molecular weight is 454 g/mol. The first-order chi connectivity index (χ1) is 16.0. The maximum Gasteiger partial charge on any atom is 0.219 e. The number of aryl methyl sites for hydroxylation is 1. The van der Waals surface area contributed by atoms with E-state index in [1.54, 1.807) is 19.1 Å². The Kier molecular flexibility index (Phi) is 5.97. The summed E-state index contributed by atoms with van der Waals surface area (Å²) in [5.74, 6) is 1.07. The van der Waals surface area contributed by atoms with Gasteiger partial charge in [-0.05, 0) is 54.5 Å². The molecular weight excluding hydrogens is 421 g/mol. The van der Waals surface area contributed by atoms with Crippen LogP contribution >= 0.6 is 0 Å². The van der Waals surface area contributed by atoms with E-state index in [0.717, 1.165) is 48.3 Å². The van der Waals surface area contributed by atoms with E-state index in [1.165, 1.54) is 5.57 Å². The van der Waals surface area contributed by atoms with Gasteiger partial charge in [-0.15, -0.1) is 0 Å². The van der Waals surface area contributed by atoms with Crippen molar-refractivity contribution in [1.82, 2.24) is 25.7 Å². The van der Waals surface area contributed by atoms with Gasteiger partial charge in [0, 0.05) is 31.8 Å². The van der Waals surface area contributed by atoms with Gasteiger partial charge in [0.2, 0.25) is 5.91 Å². The van der Waals surface area contributed by atoms with Crippen LogP contribution in [0.1, 0.15) is 67.7 Å². The molecule has 0 bridgehead atoms. The highest BCUT2D eigenvalue weighted by molar-refractivity contribution is 5.75. The summed E-state index contributed by atoms with van der Waals surface area (Å²) in [5.41, 5.74) is 10.7. The molecule has 1 saturated carbocycles. The average Bonchev–Trinajstić information content (AvgIpc) is 3.47. The van der Waals surface area contributed by atoms with Crippen LogP contribution in [-0.4, -0.2) is 51.2 Å². The van der Waals surface area contributed by atoms with Gasteiger partial charge in [-0.2, -0.15) is 0 Å². The first-order valence-electron chi connectivity index (χ1n) is 11.9. The summed E-state index contributed by atoms with van der Waals surface area (Å²) in [6.45, 7) is 4.97. The smallest absolute Gasteiger partial charge is 0.219 e. The minimum atomic E-state index is -1.02. The monoisotopic (exact) mass is 453 g/mol. The molecule has 176 valence electrons. The van der Waals surface area contributed by atoms with Crippen LogP contribution in [0, 0.1) is 5.92 Å². The van der Waals surface area contributed by atoms with Crippen molar-refractivity contribution >= 4 is 11.5 Å². The Morgan fingerprint density at radius 2 is 2.15 bits per heavy atom. The lowest BCUT2D eigenvalue weighted by molar-refractivity contribution is -0.128. The van der Waals surface area contributed by atoms with Crippen molar-refractivity contribution in [3.05, 3.63) is 53.1 Å². The fourth-order valence-corrected chi connectivity index (χ4v) is 5.77. The number of hydrogen-bond donors (Lipinski definition) is 4. The number of carbonyl (C=O) groups excluding carboxylic acids is 1. The number of H-pyrrole nitrogens is 1. The van der Waals surface area contributed by atoms with E-state index >= 15 is 4.39 Å². The van der Waals surface area contributed by atoms with E-state index in [1.807, 2.05) is 24.1 Å². The SMILES string of the molecule is CCc1cc(O)ccc1C1CCC2C(c3ncc(C4=CCN(C(C)=O)CC4)[nH]3)NNC2C1F. The standard InChI is InChI=1S/C25H32FN5O2/c1-3-15-12-17(33)4-5-18(15)19-6-7-20-23(22(19)26)29-30-24(20)25-27-13-21(28-25)16-8-10-31(11-9-16)14(2)32/h4-5,8,12-13,19-20,22-24,29-30,33H,3,6-7,9-11H2,1-2H3,(H,27,28). The normalized spacial score (nSPS) is 29.6. The number of aromatic nitrogens is 2. The molecule has 5 rings (SSSR count). The number of phenols is 1. The molecule has 33 heavy (non-hydrogen) atoms. The van der Waals surface area contributed by atoms with Crippen LogP contribution in [0.4, 0.5) is 4.39 Å². The van der Waals surface area contributed by atoms with Crippen molar-refractivity contribution in [1.29, 1.82) is 0 Å². The highest BCUT2D eigenvalue weighted by Gasteiger charge is 2.48. The zero-order valence-corrected chi connectivity index (χ0v) is 19.1. The topological polar surface area (TPSA) is 93.3 Å². The second-order valence-corrected chi connectivity index (χ2v) is 9.45. The van der Waals surface area contributed by atoms with Crippen molar-refractivity contribution < 1.29 is 14.3 Å². The van der Waals surface area contributed by atoms with Crippen LogP contribution in [-0.2, 0) is 11.2 Å². The number of amides is 1. The molecule has 0 radical (unpaired) electrons. The van der Waals surface area contributed by atoms with Gasteiger partial charge in [-0.1, -0.05) is 19.1 Å². The highest BCUT2D eigenvalue weighted by Crippen LogP contribution is 2.45. The number of hydrogen-bond acceptors (Lipinski definition) is 5. The van der Waals surface area contributed by atoms with Crippen LogP contribution in [0.2, 0.25) is 0 Å². The second kappa shape index (κ2) is 8.91. The molecule has 5 atom stereocenters. The number of fused-ring (bicyclic) bond motifs is 1. The highest BCUT2D eigenvalue weighted by atomic mass is 19.1. The number of aromatic amines is 1. The molecule has 1 aromatic carbocycles. The van der Waals surface area contributed by atoms with E-state index in [0.29, 0.717) is 13.1 Å². The minimum Gasteiger partial charge on any atom is -0.508 e. The number of imidazole rings is 1. The Hall–Kier alpha value is -2.71. The van der Waals surface area contributed by atoms with E-state index in [-0.39, 0.29) is 35.6 Å². The number of phenolic OH excluding ortho intramolecular Hbond substituents is 1. The summed E-state index contributed by atoms with van der Waals surface area (Å²) in [7, 11) is 0. The number of nitrogens with zero attached hydrogens (tertiary/aromatic N) is 2. The number of rotatable bonds is 4. The van der Waals surface area contributed by atoms with Crippen LogP contribution in [0.5, 0.6) is 5.75 Å². The molecule has 1 saturated heterocycles. The number of aromatic hydroxyl groups is 1. The fourth-order valence-electron chi connectivity index (χ4n) is 5.77. The van der Waals surface area contributed by atoms with Crippen molar-refractivity contribution in [3.8, 4) is 5.75 Å². The van der Waals surface area contributed by atoms with Gasteiger partial charge < -0.3 is 15.0 Å². The number of carbonyl (C=O) groups is 1. The molecule has 8 heteroatoms. The van der Waals surface area contributed by atoms with Crippen LogP contribution < -0.4 is 10.9 Å². The summed E-state index contributed by atoms with van der Waals surface area (Å²) in [6.07, 6.45) is 6.12. The quantitative estimate of drug-likeness (QED) is 0.570. The van der Waals surface area contributed by atoms with Crippen LogP contribution in [0.15, 0.2) is 30.5 Å². The summed E-state index contributed by atoms with van der Waals surface area (Å²) in [6, 6.07) is 4.94. The van der Waals surface area contributed by atoms with E-state index in [9.17, 15) is 9.90 Å². The van der Waals surface area contributed by atoms with Crippen LogP contribution in [0.25, 0.3) is 5.57 Å². The number of halogens is 1. The molecule has 0 spiro atoms. The Morgan fingerprint density at radius 1 is 1.30 bits per heavy atom. The summed E-state index contributed by atoms with van der Waals surface area (Å²) >= 11 is 0.